The highest BCUT2D eigenvalue weighted by Crippen LogP contribution is 2.22. The average Bonchev–Trinajstić information content (AvgIpc) is 2.46. The Balaban J connectivity index is 2.82. The predicted molar refractivity (Wildman–Crippen MR) is 84.2 cm³/mol. The van der Waals surface area contributed by atoms with Crippen LogP contribution in [-0.2, 0) is 4.74 Å². The highest BCUT2D eigenvalue weighted by Gasteiger charge is 2.18. The van der Waals surface area contributed by atoms with E-state index in [4.69, 9.17) is 9.47 Å². The molecule has 0 saturated heterocycles. The first-order valence-electron chi connectivity index (χ1n) is 7.12. The molecule has 0 bridgehead atoms. The number of ether oxygens (including phenoxy) is 2. The fourth-order valence-electron chi connectivity index (χ4n) is 2.17. The molecule has 0 spiro atoms. The minimum atomic E-state index is 0.251. The molecule has 20 heavy (non-hydrogen) atoms. The predicted octanol–water partition coefficient (Wildman–Crippen LogP) is 3.57. The summed E-state index contributed by atoms with van der Waals surface area (Å²) in [5, 5.41) is 3.67. The SMILES string of the molecule is C=CC[C@H](N[C@H](COC)C(C)C)c1ccc(OC)cc1. The quantitative estimate of drug-likeness (QED) is 0.700. The third kappa shape index (κ3) is 4.99. The molecule has 112 valence electrons. The van der Waals surface area contributed by atoms with Crippen LogP contribution < -0.4 is 10.1 Å². The van der Waals surface area contributed by atoms with E-state index in [1.54, 1.807) is 14.2 Å². The van der Waals surface area contributed by atoms with Crippen molar-refractivity contribution in [3.8, 4) is 5.75 Å². The van der Waals surface area contributed by atoms with E-state index in [9.17, 15) is 0 Å². The molecule has 2 atom stereocenters. The topological polar surface area (TPSA) is 30.5 Å². The van der Waals surface area contributed by atoms with Gasteiger partial charge in [-0.15, -0.1) is 6.58 Å². The first kappa shape index (κ1) is 16.7. The van der Waals surface area contributed by atoms with Gasteiger partial charge in [-0.05, 0) is 30.0 Å². The van der Waals surface area contributed by atoms with Gasteiger partial charge in [-0.3, -0.25) is 0 Å². The Morgan fingerprint density at radius 2 is 1.85 bits per heavy atom. The van der Waals surface area contributed by atoms with Crippen LogP contribution in [0.2, 0.25) is 0 Å². The largest absolute Gasteiger partial charge is 0.497 e. The van der Waals surface area contributed by atoms with E-state index in [1.165, 1.54) is 5.56 Å². The van der Waals surface area contributed by atoms with Gasteiger partial charge in [0.05, 0.1) is 13.7 Å². The Hall–Kier alpha value is -1.32. The minimum absolute atomic E-state index is 0.251. The highest BCUT2D eigenvalue weighted by molar-refractivity contribution is 5.29. The Morgan fingerprint density at radius 1 is 1.20 bits per heavy atom. The van der Waals surface area contributed by atoms with Gasteiger partial charge in [-0.2, -0.15) is 0 Å². The van der Waals surface area contributed by atoms with Crippen molar-refractivity contribution >= 4 is 0 Å². The second kappa shape index (κ2) is 8.77. The minimum Gasteiger partial charge on any atom is -0.497 e. The molecular formula is C17H27NO2. The van der Waals surface area contributed by atoms with Gasteiger partial charge in [0, 0.05) is 19.2 Å². The molecule has 1 aromatic carbocycles. The fourth-order valence-corrected chi connectivity index (χ4v) is 2.17. The number of rotatable bonds is 9. The number of hydrogen-bond donors (Lipinski definition) is 1. The number of nitrogens with one attached hydrogen (secondary N) is 1. The summed E-state index contributed by atoms with van der Waals surface area (Å²) in [4.78, 5) is 0. The zero-order valence-electron chi connectivity index (χ0n) is 13.1. The number of methoxy groups -OCH3 is 2. The van der Waals surface area contributed by atoms with Crippen LogP contribution in [0.5, 0.6) is 5.75 Å². The third-order valence-corrected chi connectivity index (χ3v) is 3.49. The van der Waals surface area contributed by atoms with Gasteiger partial charge in [-0.1, -0.05) is 32.1 Å². The highest BCUT2D eigenvalue weighted by atomic mass is 16.5. The molecule has 0 unspecified atom stereocenters. The van der Waals surface area contributed by atoms with E-state index in [-0.39, 0.29) is 6.04 Å². The van der Waals surface area contributed by atoms with Gasteiger partial charge in [0.15, 0.2) is 0 Å². The zero-order chi connectivity index (χ0) is 15.0. The summed E-state index contributed by atoms with van der Waals surface area (Å²) in [6, 6.07) is 8.77. The molecule has 3 nitrogen and oxygen atoms in total. The zero-order valence-corrected chi connectivity index (χ0v) is 13.1. The van der Waals surface area contributed by atoms with Gasteiger partial charge >= 0.3 is 0 Å². The van der Waals surface area contributed by atoms with Gasteiger partial charge in [-0.25, -0.2) is 0 Å². The van der Waals surface area contributed by atoms with Crippen LogP contribution in [-0.4, -0.2) is 26.9 Å². The van der Waals surface area contributed by atoms with E-state index in [1.807, 2.05) is 18.2 Å². The molecule has 0 amide bonds. The van der Waals surface area contributed by atoms with Crippen LogP contribution in [0.15, 0.2) is 36.9 Å². The van der Waals surface area contributed by atoms with E-state index >= 15 is 0 Å². The summed E-state index contributed by atoms with van der Waals surface area (Å²) >= 11 is 0. The summed E-state index contributed by atoms with van der Waals surface area (Å²) in [6.45, 7) is 8.98. The number of hydrogen-bond acceptors (Lipinski definition) is 3. The molecule has 0 aliphatic rings. The normalized spacial score (nSPS) is 14.1. The third-order valence-electron chi connectivity index (χ3n) is 3.49. The lowest BCUT2D eigenvalue weighted by atomic mass is 9.99. The fraction of sp³-hybridized carbons (Fsp3) is 0.529. The molecule has 0 aliphatic carbocycles. The molecule has 3 heteroatoms. The first-order valence-corrected chi connectivity index (χ1v) is 7.12. The lowest BCUT2D eigenvalue weighted by Crippen LogP contribution is -2.40. The molecular weight excluding hydrogens is 250 g/mol. The van der Waals surface area contributed by atoms with Crippen molar-refractivity contribution in [3.63, 3.8) is 0 Å². The van der Waals surface area contributed by atoms with E-state index < -0.39 is 0 Å². The van der Waals surface area contributed by atoms with Crippen LogP contribution in [0.3, 0.4) is 0 Å². The second-order valence-electron chi connectivity index (χ2n) is 5.32. The van der Waals surface area contributed by atoms with Crippen LogP contribution >= 0.6 is 0 Å². The first-order chi connectivity index (χ1) is 9.62. The standard InChI is InChI=1S/C17H27NO2/c1-6-7-16(18-17(12-19-4)13(2)3)14-8-10-15(20-5)11-9-14/h6,8-11,13,16-18H,1,7,12H2,2-5H3/t16-,17+/m0/s1. The Morgan fingerprint density at radius 3 is 2.30 bits per heavy atom. The van der Waals surface area contributed by atoms with E-state index in [0.29, 0.717) is 18.6 Å². The van der Waals surface area contributed by atoms with Crippen molar-refractivity contribution in [2.75, 3.05) is 20.8 Å². The Kier molecular flexibility index (Phi) is 7.34. The molecule has 0 fully saturated rings. The summed E-state index contributed by atoms with van der Waals surface area (Å²) in [5.41, 5.74) is 1.24. The van der Waals surface area contributed by atoms with Crippen LogP contribution in [0.4, 0.5) is 0 Å². The van der Waals surface area contributed by atoms with Crippen molar-refractivity contribution in [1.82, 2.24) is 5.32 Å². The van der Waals surface area contributed by atoms with Crippen molar-refractivity contribution in [2.45, 2.75) is 32.4 Å². The van der Waals surface area contributed by atoms with Crippen molar-refractivity contribution in [3.05, 3.63) is 42.5 Å². The summed E-state index contributed by atoms with van der Waals surface area (Å²) < 4.78 is 10.5. The van der Waals surface area contributed by atoms with E-state index in [2.05, 4.69) is 37.9 Å². The summed E-state index contributed by atoms with van der Waals surface area (Å²) in [5.74, 6) is 1.39. The Bertz CT molecular complexity index is 386. The maximum atomic E-state index is 5.31. The molecule has 0 aromatic heterocycles. The van der Waals surface area contributed by atoms with Gasteiger partial charge in [0.25, 0.3) is 0 Å². The molecule has 0 heterocycles. The van der Waals surface area contributed by atoms with Gasteiger partial charge < -0.3 is 14.8 Å². The summed E-state index contributed by atoms with van der Waals surface area (Å²) in [7, 11) is 3.43. The van der Waals surface area contributed by atoms with Crippen LogP contribution in [0.1, 0.15) is 31.9 Å². The van der Waals surface area contributed by atoms with E-state index in [0.717, 1.165) is 12.2 Å². The lowest BCUT2D eigenvalue weighted by molar-refractivity contribution is 0.140. The lowest BCUT2D eigenvalue weighted by Gasteiger charge is -2.28. The van der Waals surface area contributed by atoms with Crippen molar-refractivity contribution in [2.24, 2.45) is 5.92 Å². The molecule has 1 N–H and O–H groups in total. The maximum absolute atomic E-state index is 5.31. The number of benzene rings is 1. The molecule has 1 rings (SSSR count). The summed E-state index contributed by atoms with van der Waals surface area (Å²) in [6.07, 6.45) is 2.84. The van der Waals surface area contributed by atoms with Crippen LogP contribution in [0, 0.1) is 5.92 Å². The average molecular weight is 277 g/mol. The van der Waals surface area contributed by atoms with Crippen molar-refractivity contribution < 1.29 is 9.47 Å². The molecule has 0 aliphatic heterocycles. The monoisotopic (exact) mass is 277 g/mol. The second-order valence-corrected chi connectivity index (χ2v) is 5.32. The van der Waals surface area contributed by atoms with Crippen molar-refractivity contribution in [1.29, 1.82) is 0 Å². The van der Waals surface area contributed by atoms with Crippen LogP contribution in [0.25, 0.3) is 0 Å². The van der Waals surface area contributed by atoms with Gasteiger partial charge in [0.2, 0.25) is 0 Å². The smallest absolute Gasteiger partial charge is 0.118 e. The molecule has 0 radical (unpaired) electrons. The van der Waals surface area contributed by atoms with Gasteiger partial charge in [0.1, 0.15) is 5.75 Å². The molecule has 1 aromatic rings. The molecule has 0 saturated carbocycles. The maximum Gasteiger partial charge on any atom is 0.118 e. The Labute approximate surface area is 123 Å².